The van der Waals surface area contributed by atoms with Crippen LogP contribution in [0.3, 0.4) is 0 Å². The van der Waals surface area contributed by atoms with Crippen molar-refractivity contribution in [2.45, 2.75) is 6.54 Å². The van der Waals surface area contributed by atoms with E-state index in [1.54, 1.807) is 0 Å². The Labute approximate surface area is 131 Å². The minimum atomic E-state index is -0.739. The second-order valence-corrected chi connectivity index (χ2v) is 4.87. The van der Waals surface area contributed by atoms with Crippen LogP contribution in [0, 0.1) is 5.82 Å². The van der Waals surface area contributed by atoms with E-state index in [2.05, 4.69) is 5.32 Å². The van der Waals surface area contributed by atoms with Crippen molar-refractivity contribution in [2.75, 3.05) is 6.61 Å². The van der Waals surface area contributed by atoms with Crippen molar-refractivity contribution in [1.82, 2.24) is 5.32 Å². The van der Waals surface area contributed by atoms with E-state index in [0.29, 0.717) is 6.54 Å². The Bertz CT molecular complexity index is 676. The Balaban J connectivity index is 1.80. The average molecular weight is 322 g/mol. The van der Waals surface area contributed by atoms with Gasteiger partial charge in [0.2, 0.25) is 0 Å². The second-order valence-electron chi connectivity index (χ2n) is 4.47. The van der Waals surface area contributed by atoms with Gasteiger partial charge < -0.3 is 10.1 Å². The molecule has 22 heavy (non-hydrogen) atoms. The van der Waals surface area contributed by atoms with Gasteiger partial charge in [-0.25, -0.2) is 9.18 Å². The molecule has 0 spiro atoms. The zero-order valence-electron chi connectivity index (χ0n) is 11.5. The van der Waals surface area contributed by atoms with Gasteiger partial charge in [0, 0.05) is 6.54 Å². The first kappa shape index (κ1) is 16.0. The third kappa shape index (κ3) is 4.56. The van der Waals surface area contributed by atoms with Crippen molar-refractivity contribution in [3.8, 4) is 0 Å². The highest BCUT2D eigenvalue weighted by molar-refractivity contribution is 6.31. The molecule has 114 valence electrons. The van der Waals surface area contributed by atoms with Crippen molar-refractivity contribution in [3.05, 3.63) is 70.5 Å². The summed E-state index contributed by atoms with van der Waals surface area (Å²) in [6, 6.07) is 12.8. The molecular weight excluding hydrogens is 309 g/mol. The first-order valence-corrected chi connectivity index (χ1v) is 6.87. The summed E-state index contributed by atoms with van der Waals surface area (Å²) < 4.78 is 17.8. The maximum Gasteiger partial charge on any atom is 0.338 e. The van der Waals surface area contributed by atoms with Crippen LogP contribution in [-0.2, 0) is 16.1 Å². The van der Waals surface area contributed by atoms with Crippen LogP contribution in [-0.4, -0.2) is 18.5 Å². The number of hydrogen-bond acceptors (Lipinski definition) is 3. The predicted octanol–water partition coefficient (Wildman–Crippen LogP) is 2.95. The monoisotopic (exact) mass is 321 g/mol. The number of carbonyl (C=O) groups is 2. The zero-order chi connectivity index (χ0) is 15.9. The first-order chi connectivity index (χ1) is 10.6. The molecule has 0 atom stereocenters. The normalized spacial score (nSPS) is 10.1. The summed E-state index contributed by atoms with van der Waals surface area (Å²) >= 11 is 5.58. The van der Waals surface area contributed by atoms with E-state index in [1.807, 2.05) is 30.3 Å². The summed E-state index contributed by atoms with van der Waals surface area (Å²) in [6.45, 7) is -0.0692. The average Bonchev–Trinajstić information content (AvgIpc) is 2.54. The number of nitrogens with one attached hydrogen (secondary N) is 1. The molecule has 2 aromatic carbocycles. The van der Waals surface area contributed by atoms with Gasteiger partial charge in [-0.1, -0.05) is 41.9 Å². The Morgan fingerprint density at radius 3 is 2.55 bits per heavy atom. The van der Waals surface area contributed by atoms with Crippen LogP contribution in [0.25, 0.3) is 0 Å². The van der Waals surface area contributed by atoms with Crippen LogP contribution in [0.5, 0.6) is 0 Å². The molecule has 1 amide bonds. The molecule has 6 heteroatoms. The highest BCUT2D eigenvalue weighted by atomic mass is 35.5. The quantitative estimate of drug-likeness (QED) is 0.861. The highest BCUT2D eigenvalue weighted by Gasteiger charge is 2.12. The zero-order valence-corrected chi connectivity index (χ0v) is 12.3. The smallest absolute Gasteiger partial charge is 0.338 e. The van der Waals surface area contributed by atoms with Crippen molar-refractivity contribution in [1.29, 1.82) is 0 Å². The van der Waals surface area contributed by atoms with Crippen LogP contribution in [0.4, 0.5) is 4.39 Å². The maximum atomic E-state index is 13.0. The molecule has 0 aromatic heterocycles. The van der Waals surface area contributed by atoms with Gasteiger partial charge in [0.15, 0.2) is 6.61 Å². The van der Waals surface area contributed by atoms with Gasteiger partial charge in [-0.3, -0.25) is 4.79 Å². The number of ether oxygens (including phenoxy) is 1. The molecule has 0 saturated heterocycles. The van der Waals surface area contributed by atoms with E-state index in [1.165, 1.54) is 6.07 Å². The van der Waals surface area contributed by atoms with Gasteiger partial charge in [-0.2, -0.15) is 0 Å². The van der Waals surface area contributed by atoms with E-state index >= 15 is 0 Å². The maximum absolute atomic E-state index is 13.0. The summed E-state index contributed by atoms with van der Waals surface area (Å²) in [4.78, 5) is 23.3. The molecule has 0 heterocycles. The second kappa shape index (κ2) is 7.56. The number of esters is 1. The van der Waals surface area contributed by atoms with E-state index < -0.39 is 24.3 Å². The SMILES string of the molecule is O=C(COC(=O)c1ccc(F)c(Cl)c1)NCc1ccccc1. The van der Waals surface area contributed by atoms with Crippen LogP contribution < -0.4 is 5.32 Å². The number of amides is 1. The summed E-state index contributed by atoms with van der Waals surface area (Å²) in [5.41, 5.74) is 1.02. The molecule has 0 bridgehead atoms. The largest absolute Gasteiger partial charge is 0.452 e. The molecule has 2 rings (SSSR count). The summed E-state index contributed by atoms with van der Waals surface area (Å²) in [7, 11) is 0. The van der Waals surface area contributed by atoms with Crippen molar-refractivity contribution in [3.63, 3.8) is 0 Å². The van der Waals surface area contributed by atoms with E-state index in [0.717, 1.165) is 17.7 Å². The lowest BCUT2D eigenvalue weighted by atomic mass is 10.2. The Morgan fingerprint density at radius 1 is 1.14 bits per heavy atom. The first-order valence-electron chi connectivity index (χ1n) is 6.49. The number of benzene rings is 2. The topological polar surface area (TPSA) is 55.4 Å². The van der Waals surface area contributed by atoms with Crippen LogP contribution in [0.2, 0.25) is 5.02 Å². The third-order valence-electron chi connectivity index (χ3n) is 2.82. The Morgan fingerprint density at radius 2 is 1.86 bits per heavy atom. The number of halogens is 2. The van der Waals surface area contributed by atoms with Crippen LogP contribution >= 0.6 is 11.6 Å². The van der Waals surface area contributed by atoms with Crippen molar-refractivity contribution in [2.24, 2.45) is 0 Å². The summed E-state index contributed by atoms with van der Waals surface area (Å²) in [5, 5.41) is 2.45. The molecule has 0 radical (unpaired) electrons. The fourth-order valence-electron chi connectivity index (χ4n) is 1.69. The third-order valence-corrected chi connectivity index (χ3v) is 3.11. The van der Waals surface area contributed by atoms with Crippen LogP contribution in [0.15, 0.2) is 48.5 Å². The lowest BCUT2D eigenvalue weighted by Gasteiger charge is -2.07. The van der Waals surface area contributed by atoms with Gasteiger partial charge >= 0.3 is 5.97 Å². The standard InChI is InChI=1S/C16H13ClFNO3/c17-13-8-12(6-7-14(13)18)16(21)22-10-15(20)19-9-11-4-2-1-3-5-11/h1-8H,9-10H2,(H,19,20). The molecule has 0 aliphatic rings. The number of carbonyl (C=O) groups excluding carboxylic acids is 2. The van der Waals surface area contributed by atoms with Gasteiger partial charge in [0.1, 0.15) is 5.82 Å². The highest BCUT2D eigenvalue weighted by Crippen LogP contribution is 2.16. The van der Waals surface area contributed by atoms with Gasteiger partial charge in [-0.15, -0.1) is 0 Å². The molecule has 0 aliphatic carbocycles. The summed E-state index contributed by atoms with van der Waals surface area (Å²) in [5.74, 6) is -1.79. The number of rotatable bonds is 5. The Hall–Kier alpha value is -2.40. The molecule has 0 saturated carbocycles. The predicted molar refractivity (Wildman–Crippen MR) is 80.0 cm³/mol. The molecule has 2 aromatic rings. The van der Waals surface area contributed by atoms with Gasteiger partial charge in [-0.05, 0) is 23.8 Å². The molecule has 0 aliphatic heterocycles. The lowest BCUT2D eigenvalue weighted by molar-refractivity contribution is -0.124. The molecule has 0 fully saturated rings. The minimum absolute atomic E-state index is 0.0854. The molecule has 1 N–H and O–H groups in total. The van der Waals surface area contributed by atoms with Crippen LogP contribution in [0.1, 0.15) is 15.9 Å². The molecule has 4 nitrogen and oxygen atoms in total. The Kier molecular flexibility index (Phi) is 5.49. The van der Waals surface area contributed by atoms with Crippen molar-refractivity contribution < 1.29 is 18.7 Å². The van der Waals surface area contributed by atoms with Gasteiger partial charge in [0.05, 0.1) is 10.6 Å². The molecular formula is C16H13ClFNO3. The number of hydrogen-bond donors (Lipinski definition) is 1. The molecule has 0 unspecified atom stereocenters. The van der Waals surface area contributed by atoms with Crippen molar-refractivity contribution >= 4 is 23.5 Å². The fraction of sp³-hybridized carbons (Fsp3) is 0.125. The van der Waals surface area contributed by atoms with E-state index in [4.69, 9.17) is 16.3 Å². The lowest BCUT2D eigenvalue weighted by Crippen LogP contribution is -2.28. The van der Waals surface area contributed by atoms with E-state index in [9.17, 15) is 14.0 Å². The van der Waals surface area contributed by atoms with Gasteiger partial charge in [0.25, 0.3) is 5.91 Å². The summed E-state index contributed by atoms with van der Waals surface area (Å²) in [6.07, 6.45) is 0. The minimum Gasteiger partial charge on any atom is -0.452 e. The fourth-order valence-corrected chi connectivity index (χ4v) is 1.87. The van der Waals surface area contributed by atoms with E-state index in [-0.39, 0.29) is 10.6 Å².